The van der Waals surface area contributed by atoms with E-state index in [0.29, 0.717) is 11.4 Å². The number of methoxy groups -OCH3 is 1. The Labute approximate surface area is 116 Å². The molecule has 0 saturated carbocycles. The number of amides is 1. The summed E-state index contributed by atoms with van der Waals surface area (Å²) in [6.45, 7) is 0. The Morgan fingerprint density at radius 3 is 2.55 bits per heavy atom. The first-order valence-electron chi connectivity index (χ1n) is 6.00. The number of benzene rings is 2. The molecule has 2 aromatic rings. The van der Waals surface area contributed by atoms with Gasteiger partial charge in [-0.05, 0) is 30.3 Å². The molecule has 0 aliphatic rings. The molecule has 0 spiro atoms. The molecule has 2 aromatic carbocycles. The zero-order valence-electron chi connectivity index (χ0n) is 11.3. The predicted molar refractivity (Wildman–Crippen MR) is 76.5 cm³/mol. The van der Waals surface area contributed by atoms with Crippen LogP contribution in [0.25, 0.3) is 0 Å². The maximum Gasteiger partial charge on any atom is 0.258 e. The van der Waals surface area contributed by atoms with Gasteiger partial charge in [-0.15, -0.1) is 0 Å². The molecule has 0 heterocycles. The van der Waals surface area contributed by atoms with Gasteiger partial charge in [0.15, 0.2) is 11.6 Å². The standard InChI is InChI=1S/C15H15FN2O2/c1-18(13-6-4-3-5-12(13)17)15(19)10-7-8-14(20-2)11(16)9-10/h3-9H,17H2,1-2H3. The van der Waals surface area contributed by atoms with E-state index in [0.717, 1.165) is 6.07 Å². The number of rotatable bonds is 3. The summed E-state index contributed by atoms with van der Waals surface area (Å²) in [5.74, 6) is -0.819. The van der Waals surface area contributed by atoms with E-state index < -0.39 is 5.82 Å². The smallest absolute Gasteiger partial charge is 0.258 e. The molecule has 0 radical (unpaired) electrons. The maximum absolute atomic E-state index is 13.6. The molecule has 0 saturated heterocycles. The number of halogens is 1. The van der Waals surface area contributed by atoms with Crippen molar-refractivity contribution in [2.75, 3.05) is 24.8 Å². The number of hydrogen-bond acceptors (Lipinski definition) is 3. The van der Waals surface area contributed by atoms with Gasteiger partial charge in [0.2, 0.25) is 0 Å². The Morgan fingerprint density at radius 1 is 1.25 bits per heavy atom. The first-order valence-corrected chi connectivity index (χ1v) is 6.00. The normalized spacial score (nSPS) is 10.2. The van der Waals surface area contributed by atoms with Crippen LogP contribution in [0, 0.1) is 5.82 Å². The van der Waals surface area contributed by atoms with Crippen molar-refractivity contribution in [2.24, 2.45) is 0 Å². The minimum absolute atomic E-state index is 0.100. The molecule has 104 valence electrons. The number of anilines is 2. The van der Waals surface area contributed by atoms with Gasteiger partial charge in [-0.1, -0.05) is 12.1 Å². The molecule has 0 atom stereocenters. The summed E-state index contributed by atoms with van der Waals surface area (Å²) in [6, 6.07) is 11.1. The molecule has 0 aliphatic carbocycles. The second kappa shape index (κ2) is 5.61. The summed E-state index contributed by atoms with van der Waals surface area (Å²) >= 11 is 0. The van der Waals surface area contributed by atoms with E-state index in [1.807, 2.05) is 0 Å². The van der Waals surface area contributed by atoms with Crippen LogP contribution in [0.2, 0.25) is 0 Å². The van der Waals surface area contributed by atoms with Crippen molar-refractivity contribution in [1.29, 1.82) is 0 Å². The molecule has 0 fully saturated rings. The molecule has 2 rings (SSSR count). The lowest BCUT2D eigenvalue weighted by atomic mass is 10.1. The fourth-order valence-corrected chi connectivity index (χ4v) is 1.90. The van der Waals surface area contributed by atoms with Crippen molar-refractivity contribution >= 4 is 17.3 Å². The Morgan fingerprint density at radius 2 is 1.95 bits per heavy atom. The summed E-state index contributed by atoms with van der Waals surface area (Å²) < 4.78 is 18.5. The highest BCUT2D eigenvalue weighted by Crippen LogP contribution is 2.24. The fourth-order valence-electron chi connectivity index (χ4n) is 1.90. The molecule has 4 nitrogen and oxygen atoms in total. The molecule has 0 aliphatic heterocycles. The molecular weight excluding hydrogens is 259 g/mol. The van der Waals surface area contributed by atoms with Crippen LogP contribution >= 0.6 is 0 Å². The minimum Gasteiger partial charge on any atom is -0.494 e. The molecule has 0 aromatic heterocycles. The van der Waals surface area contributed by atoms with Gasteiger partial charge < -0.3 is 15.4 Å². The van der Waals surface area contributed by atoms with Crippen molar-refractivity contribution in [2.45, 2.75) is 0 Å². The first-order chi connectivity index (χ1) is 9.54. The van der Waals surface area contributed by atoms with Gasteiger partial charge >= 0.3 is 0 Å². The number of nitrogens with zero attached hydrogens (tertiary/aromatic N) is 1. The molecule has 20 heavy (non-hydrogen) atoms. The average Bonchev–Trinajstić information content (AvgIpc) is 2.46. The summed E-state index contributed by atoms with van der Waals surface area (Å²) in [5, 5.41) is 0. The molecule has 1 amide bonds. The highest BCUT2D eigenvalue weighted by molar-refractivity contribution is 6.07. The maximum atomic E-state index is 13.6. The van der Waals surface area contributed by atoms with E-state index in [1.165, 1.54) is 24.1 Å². The van der Waals surface area contributed by atoms with E-state index in [1.54, 1.807) is 31.3 Å². The van der Waals surface area contributed by atoms with Gasteiger partial charge in [0.1, 0.15) is 0 Å². The van der Waals surface area contributed by atoms with Gasteiger partial charge in [0.05, 0.1) is 18.5 Å². The van der Waals surface area contributed by atoms with Gasteiger partial charge in [-0.2, -0.15) is 0 Å². The summed E-state index contributed by atoms with van der Waals surface area (Å²) in [6.07, 6.45) is 0. The van der Waals surface area contributed by atoms with E-state index in [2.05, 4.69) is 0 Å². The van der Waals surface area contributed by atoms with Gasteiger partial charge in [0.25, 0.3) is 5.91 Å². The Balaban J connectivity index is 2.32. The van der Waals surface area contributed by atoms with Crippen molar-refractivity contribution in [3.05, 3.63) is 53.8 Å². The predicted octanol–water partition coefficient (Wildman–Crippen LogP) is 2.69. The van der Waals surface area contributed by atoms with E-state index in [9.17, 15) is 9.18 Å². The minimum atomic E-state index is -0.576. The zero-order chi connectivity index (χ0) is 14.7. The Hall–Kier alpha value is -2.56. The lowest BCUT2D eigenvalue weighted by Gasteiger charge is -2.19. The van der Waals surface area contributed by atoms with E-state index >= 15 is 0 Å². The number of nitrogen functional groups attached to an aromatic ring is 1. The van der Waals surface area contributed by atoms with Crippen LogP contribution in [0.4, 0.5) is 15.8 Å². The van der Waals surface area contributed by atoms with Crippen LogP contribution in [0.5, 0.6) is 5.75 Å². The SMILES string of the molecule is COc1ccc(C(=O)N(C)c2ccccc2N)cc1F. The van der Waals surface area contributed by atoms with Gasteiger partial charge in [-0.25, -0.2) is 4.39 Å². The molecular formula is C15H15FN2O2. The van der Waals surface area contributed by atoms with Crippen molar-refractivity contribution in [3.63, 3.8) is 0 Å². The fraction of sp³-hybridized carbons (Fsp3) is 0.133. The lowest BCUT2D eigenvalue weighted by molar-refractivity contribution is 0.0992. The number of para-hydroxylation sites is 2. The molecule has 5 heteroatoms. The van der Waals surface area contributed by atoms with Crippen molar-refractivity contribution < 1.29 is 13.9 Å². The molecule has 2 N–H and O–H groups in total. The van der Waals surface area contributed by atoms with Crippen LogP contribution < -0.4 is 15.4 Å². The second-order valence-corrected chi connectivity index (χ2v) is 4.27. The number of nitrogens with two attached hydrogens (primary N) is 1. The third-order valence-corrected chi connectivity index (χ3v) is 3.00. The van der Waals surface area contributed by atoms with Crippen LogP contribution in [0.1, 0.15) is 10.4 Å². The van der Waals surface area contributed by atoms with Gasteiger partial charge in [0, 0.05) is 12.6 Å². The Bertz CT molecular complexity index is 644. The van der Waals surface area contributed by atoms with Crippen LogP contribution in [-0.4, -0.2) is 20.1 Å². The summed E-state index contributed by atoms with van der Waals surface area (Å²) in [5.41, 5.74) is 7.12. The molecule has 0 bridgehead atoms. The van der Waals surface area contributed by atoms with E-state index in [4.69, 9.17) is 10.5 Å². The Kier molecular flexibility index (Phi) is 3.89. The lowest BCUT2D eigenvalue weighted by Crippen LogP contribution is -2.27. The summed E-state index contributed by atoms with van der Waals surface area (Å²) in [4.78, 5) is 13.7. The van der Waals surface area contributed by atoms with Gasteiger partial charge in [-0.3, -0.25) is 4.79 Å². The van der Waals surface area contributed by atoms with Crippen LogP contribution in [0.3, 0.4) is 0 Å². The monoisotopic (exact) mass is 274 g/mol. The highest BCUT2D eigenvalue weighted by atomic mass is 19.1. The molecule has 0 unspecified atom stereocenters. The second-order valence-electron chi connectivity index (χ2n) is 4.27. The third-order valence-electron chi connectivity index (χ3n) is 3.00. The van der Waals surface area contributed by atoms with Crippen molar-refractivity contribution in [1.82, 2.24) is 0 Å². The van der Waals surface area contributed by atoms with Crippen LogP contribution in [0.15, 0.2) is 42.5 Å². The third kappa shape index (κ3) is 2.56. The zero-order valence-corrected chi connectivity index (χ0v) is 11.3. The van der Waals surface area contributed by atoms with Crippen LogP contribution in [-0.2, 0) is 0 Å². The average molecular weight is 274 g/mol. The number of carbonyl (C=O) groups is 1. The quantitative estimate of drug-likeness (QED) is 0.875. The summed E-state index contributed by atoms with van der Waals surface area (Å²) in [7, 11) is 2.97. The number of carbonyl (C=O) groups excluding carboxylic acids is 1. The highest BCUT2D eigenvalue weighted by Gasteiger charge is 2.17. The largest absolute Gasteiger partial charge is 0.494 e. The number of hydrogen-bond donors (Lipinski definition) is 1. The van der Waals surface area contributed by atoms with Crippen molar-refractivity contribution in [3.8, 4) is 5.75 Å². The van der Waals surface area contributed by atoms with E-state index in [-0.39, 0.29) is 17.2 Å². The first kappa shape index (κ1) is 13.9. The topological polar surface area (TPSA) is 55.6 Å². The number of ether oxygens (including phenoxy) is 1.